The van der Waals surface area contributed by atoms with Crippen molar-refractivity contribution in [1.82, 2.24) is 4.72 Å². The third-order valence-electron chi connectivity index (χ3n) is 3.79. The van der Waals surface area contributed by atoms with Crippen molar-refractivity contribution in [2.45, 2.75) is 31.1 Å². The molecule has 1 N–H and O–H groups in total. The van der Waals surface area contributed by atoms with Crippen LogP contribution in [0, 0.1) is 0 Å². The monoisotopic (exact) mass is 331 g/mol. The molecule has 122 valence electrons. The van der Waals surface area contributed by atoms with Gasteiger partial charge in [-0.3, -0.25) is 4.79 Å². The molecule has 2 aromatic rings. The molecular weight excluding hydrogens is 310 g/mol. The van der Waals surface area contributed by atoms with Crippen LogP contribution in [0.5, 0.6) is 0 Å². The maximum Gasteiger partial charge on any atom is 0.240 e. The number of hydrogen-bond donors (Lipinski definition) is 1. The summed E-state index contributed by atoms with van der Waals surface area (Å²) in [6, 6.07) is 16.1. The van der Waals surface area contributed by atoms with Crippen molar-refractivity contribution in [2.24, 2.45) is 0 Å². The first-order chi connectivity index (χ1) is 10.9. The lowest BCUT2D eigenvalue weighted by Crippen LogP contribution is -2.25. The average Bonchev–Trinajstić information content (AvgIpc) is 2.55. The van der Waals surface area contributed by atoms with Crippen molar-refractivity contribution in [1.29, 1.82) is 0 Å². The van der Waals surface area contributed by atoms with Gasteiger partial charge in [-0.2, -0.15) is 0 Å². The summed E-state index contributed by atoms with van der Waals surface area (Å²) in [5.41, 5.74) is 1.58. The summed E-state index contributed by atoms with van der Waals surface area (Å²) >= 11 is 0. The van der Waals surface area contributed by atoms with Crippen LogP contribution in [0.1, 0.15) is 42.1 Å². The molecule has 4 nitrogen and oxygen atoms in total. The highest BCUT2D eigenvalue weighted by molar-refractivity contribution is 7.89. The second-order valence-electron chi connectivity index (χ2n) is 5.58. The molecule has 0 aliphatic heterocycles. The highest BCUT2D eigenvalue weighted by Gasteiger charge is 2.15. The van der Waals surface area contributed by atoms with Crippen molar-refractivity contribution in [3.8, 4) is 0 Å². The van der Waals surface area contributed by atoms with Gasteiger partial charge >= 0.3 is 0 Å². The zero-order chi connectivity index (χ0) is 16.9. The molecule has 2 aromatic carbocycles. The summed E-state index contributed by atoms with van der Waals surface area (Å²) in [5.74, 6) is 0.113. The maximum absolute atomic E-state index is 12.3. The second kappa shape index (κ2) is 7.53. The Morgan fingerprint density at radius 2 is 1.78 bits per heavy atom. The minimum atomic E-state index is -3.60. The number of Topliss-reactive ketones (excluding diaryl/α,β-unsaturated/α-hetero) is 1. The zero-order valence-electron chi connectivity index (χ0n) is 13.3. The van der Waals surface area contributed by atoms with Gasteiger partial charge in [0.05, 0.1) is 4.90 Å². The molecule has 2 rings (SSSR count). The summed E-state index contributed by atoms with van der Waals surface area (Å²) in [6.45, 7) is 3.84. The first-order valence-corrected chi connectivity index (χ1v) is 9.04. The van der Waals surface area contributed by atoms with E-state index >= 15 is 0 Å². The summed E-state index contributed by atoms with van der Waals surface area (Å²) in [5, 5.41) is 0. The Morgan fingerprint density at radius 1 is 1.09 bits per heavy atom. The third kappa shape index (κ3) is 4.74. The van der Waals surface area contributed by atoms with Crippen LogP contribution in [0.15, 0.2) is 59.5 Å². The highest BCUT2D eigenvalue weighted by Crippen LogP contribution is 2.18. The van der Waals surface area contributed by atoms with E-state index in [-0.39, 0.29) is 16.6 Å². The molecule has 0 fully saturated rings. The minimum Gasteiger partial charge on any atom is -0.295 e. The second-order valence-corrected chi connectivity index (χ2v) is 7.35. The Bertz CT molecular complexity index is 770. The average molecular weight is 331 g/mol. The van der Waals surface area contributed by atoms with E-state index in [1.807, 2.05) is 30.3 Å². The van der Waals surface area contributed by atoms with Crippen molar-refractivity contribution in [3.05, 3.63) is 65.7 Å². The largest absolute Gasteiger partial charge is 0.295 e. The van der Waals surface area contributed by atoms with Gasteiger partial charge in [-0.15, -0.1) is 0 Å². The first kappa shape index (κ1) is 17.4. The fourth-order valence-corrected chi connectivity index (χ4v) is 3.42. The van der Waals surface area contributed by atoms with E-state index in [4.69, 9.17) is 0 Å². The number of hydrogen-bond acceptors (Lipinski definition) is 3. The molecule has 0 aromatic heterocycles. The van der Waals surface area contributed by atoms with Gasteiger partial charge in [0.15, 0.2) is 5.78 Å². The predicted molar refractivity (Wildman–Crippen MR) is 91.1 cm³/mol. The number of carbonyl (C=O) groups is 1. The van der Waals surface area contributed by atoms with E-state index in [1.54, 1.807) is 12.1 Å². The number of carbonyl (C=O) groups excluding carboxylic acids is 1. The topological polar surface area (TPSA) is 63.2 Å². The molecular formula is C18H21NO3S. The summed E-state index contributed by atoms with van der Waals surface area (Å²) in [6.07, 6.45) is 0.704. The van der Waals surface area contributed by atoms with Gasteiger partial charge in [-0.05, 0) is 37.0 Å². The van der Waals surface area contributed by atoms with Crippen LogP contribution >= 0.6 is 0 Å². The maximum atomic E-state index is 12.3. The Labute approximate surface area is 137 Å². The van der Waals surface area contributed by atoms with E-state index in [2.05, 4.69) is 11.6 Å². The van der Waals surface area contributed by atoms with E-state index in [1.165, 1.54) is 24.6 Å². The molecule has 0 heterocycles. The number of benzene rings is 2. The van der Waals surface area contributed by atoms with Crippen LogP contribution in [-0.4, -0.2) is 20.7 Å². The first-order valence-electron chi connectivity index (χ1n) is 7.56. The van der Waals surface area contributed by atoms with Gasteiger partial charge in [0.2, 0.25) is 10.0 Å². The number of rotatable bonds is 7. The SMILES string of the molecule is CC(=O)c1cccc(S(=O)(=O)NCCC(C)c2ccccc2)c1. The normalized spacial score (nSPS) is 12.8. The van der Waals surface area contributed by atoms with Crippen molar-refractivity contribution in [2.75, 3.05) is 6.54 Å². The van der Waals surface area contributed by atoms with Crippen LogP contribution in [0.2, 0.25) is 0 Å². The third-order valence-corrected chi connectivity index (χ3v) is 5.25. The lowest BCUT2D eigenvalue weighted by atomic mass is 9.98. The molecule has 0 spiro atoms. The van der Waals surface area contributed by atoms with Gasteiger partial charge in [-0.1, -0.05) is 49.4 Å². The Balaban J connectivity index is 1.99. The Hall–Kier alpha value is -1.98. The molecule has 0 aliphatic carbocycles. The van der Waals surface area contributed by atoms with Crippen molar-refractivity contribution in [3.63, 3.8) is 0 Å². The smallest absolute Gasteiger partial charge is 0.240 e. The Kier molecular flexibility index (Phi) is 5.69. The van der Waals surface area contributed by atoms with Crippen molar-refractivity contribution < 1.29 is 13.2 Å². The van der Waals surface area contributed by atoms with Gasteiger partial charge in [0.1, 0.15) is 0 Å². The molecule has 0 amide bonds. The predicted octanol–water partition coefficient (Wildman–Crippen LogP) is 3.36. The zero-order valence-corrected chi connectivity index (χ0v) is 14.1. The van der Waals surface area contributed by atoms with Gasteiger partial charge < -0.3 is 0 Å². The van der Waals surface area contributed by atoms with Crippen LogP contribution < -0.4 is 4.72 Å². The fraction of sp³-hybridized carbons (Fsp3) is 0.278. The summed E-state index contributed by atoms with van der Waals surface area (Å²) < 4.78 is 27.2. The molecule has 1 unspecified atom stereocenters. The Morgan fingerprint density at radius 3 is 2.43 bits per heavy atom. The van der Waals surface area contributed by atoms with Crippen molar-refractivity contribution >= 4 is 15.8 Å². The van der Waals surface area contributed by atoms with Crippen LogP contribution in [-0.2, 0) is 10.0 Å². The van der Waals surface area contributed by atoms with E-state index in [0.29, 0.717) is 18.5 Å². The van der Waals surface area contributed by atoms with E-state index in [0.717, 1.165) is 0 Å². The fourth-order valence-electron chi connectivity index (χ4n) is 2.32. The van der Waals surface area contributed by atoms with Crippen LogP contribution in [0.25, 0.3) is 0 Å². The molecule has 0 aliphatic rings. The summed E-state index contributed by atoms with van der Waals surface area (Å²) in [4.78, 5) is 11.5. The summed E-state index contributed by atoms with van der Waals surface area (Å²) in [7, 11) is -3.60. The van der Waals surface area contributed by atoms with E-state index < -0.39 is 10.0 Å². The number of nitrogens with one attached hydrogen (secondary N) is 1. The minimum absolute atomic E-state index is 0.123. The number of sulfonamides is 1. The molecule has 0 bridgehead atoms. The van der Waals surface area contributed by atoms with E-state index in [9.17, 15) is 13.2 Å². The molecule has 5 heteroatoms. The standard InChI is InChI=1S/C18H21NO3S/c1-14(16-7-4-3-5-8-16)11-12-19-23(21,22)18-10-6-9-17(13-18)15(2)20/h3-10,13-14,19H,11-12H2,1-2H3. The molecule has 0 radical (unpaired) electrons. The number of ketones is 1. The molecule has 1 atom stereocenters. The van der Waals surface area contributed by atoms with Crippen LogP contribution in [0.3, 0.4) is 0 Å². The molecule has 23 heavy (non-hydrogen) atoms. The van der Waals surface area contributed by atoms with Gasteiger partial charge in [-0.25, -0.2) is 13.1 Å². The quantitative estimate of drug-likeness (QED) is 0.791. The highest BCUT2D eigenvalue weighted by atomic mass is 32.2. The lowest BCUT2D eigenvalue weighted by Gasteiger charge is -2.13. The van der Waals surface area contributed by atoms with Gasteiger partial charge in [0.25, 0.3) is 0 Å². The molecule has 0 saturated heterocycles. The van der Waals surface area contributed by atoms with Crippen LogP contribution in [0.4, 0.5) is 0 Å². The lowest BCUT2D eigenvalue weighted by molar-refractivity contribution is 0.101. The molecule has 0 saturated carbocycles. The van der Waals surface area contributed by atoms with Gasteiger partial charge in [0, 0.05) is 12.1 Å².